The number of oxazole rings is 1. The van der Waals surface area contributed by atoms with E-state index in [2.05, 4.69) is 16.4 Å². The third-order valence-corrected chi connectivity index (χ3v) is 6.51. The van der Waals surface area contributed by atoms with Crippen LogP contribution in [0.1, 0.15) is 69.1 Å². The Morgan fingerprint density at radius 1 is 1.13 bits per heavy atom. The van der Waals surface area contributed by atoms with E-state index < -0.39 is 0 Å². The number of ether oxygens (including phenoxy) is 1. The van der Waals surface area contributed by atoms with Gasteiger partial charge in [0, 0.05) is 13.1 Å². The van der Waals surface area contributed by atoms with Gasteiger partial charge >= 0.3 is 0 Å². The summed E-state index contributed by atoms with van der Waals surface area (Å²) in [6, 6.07) is 17.2. The second kappa shape index (κ2) is 11.0. The maximum Gasteiger partial charge on any atom is 0.290 e. The number of hydrogen-bond acceptors (Lipinski definition) is 6. The number of carbonyl (C=O) groups excluding carboxylic acids is 2. The standard InChI is InChI=1S/C30H31N3O5/c1-19(2)16-31-29(34)25-17-38-27(32-25)18-37-23-10-9-21-11-12-33(30(35)26-8-5-13-36-26)28(24(21)15-23)22-7-4-6-20(3)14-22/h4-10,13-15,17,19,28H,11-12,16,18H2,1-3H3,(H,31,34)/t28-/m0/s1. The lowest BCUT2D eigenvalue weighted by Crippen LogP contribution is -2.40. The summed E-state index contributed by atoms with van der Waals surface area (Å²) < 4.78 is 16.9. The molecule has 5 rings (SSSR count). The summed E-state index contributed by atoms with van der Waals surface area (Å²) in [5.41, 5.74) is 4.52. The molecule has 0 radical (unpaired) electrons. The van der Waals surface area contributed by atoms with Crippen molar-refractivity contribution in [1.29, 1.82) is 0 Å². The second-order valence-electron chi connectivity index (χ2n) is 9.92. The number of rotatable bonds is 8. The van der Waals surface area contributed by atoms with Gasteiger partial charge < -0.3 is 23.8 Å². The molecule has 0 saturated carbocycles. The van der Waals surface area contributed by atoms with Gasteiger partial charge in [-0.25, -0.2) is 4.98 Å². The monoisotopic (exact) mass is 513 g/mol. The van der Waals surface area contributed by atoms with Gasteiger partial charge in [0.15, 0.2) is 18.1 Å². The maximum absolute atomic E-state index is 13.4. The third kappa shape index (κ3) is 5.49. The van der Waals surface area contributed by atoms with Gasteiger partial charge in [0.25, 0.3) is 11.8 Å². The number of furan rings is 1. The average Bonchev–Trinajstić information content (AvgIpc) is 3.62. The number of amides is 2. The summed E-state index contributed by atoms with van der Waals surface area (Å²) in [5.74, 6) is 1.16. The first-order valence-corrected chi connectivity index (χ1v) is 12.8. The topological polar surface area (TPSA) is 97.8 Å². The fraction of sp³-hybridized carbons (Fsp3) is 0.300. The molecule has 8 nitrogen and oxygen atoms in total. The second-order valence-corrected chi connectivity index (χ2v) is 9.92. The van der Waals surface area contributed by atoms with Crippen LogP contribution in [-0.2, 0) is 13.0 Å². The molecule has 0 saturated heterocycles. The third-order valence-electron chi connectivity index (χ3n) is 6.51. The Labute approximate surface area is 221 Å². The van der Waals surface area contributed by atoms with Crippen LogP contribution in [0.25, 0.3) is 0 Å². The van der Waals surface area contributed by atoms with Crippen LogP contribution in [-0.4, -0.2) is 34.8 Å². The molecule has 1 atom stereocenters. The van der Waals surface area contributed by atoms with Crippen molar-refractivity contribution in [2.24, 2.45) is 5.92 Å². The summed E-state index contributed by atoms with van der Waals surface area (Å²) >= 11 is 0. The Bertz CT molecular complexity index is 1420. The molecule has 0 aliphatic carbocycles. The molecule has 0 spiro atoms. The first-order chi connectivity index (χ1) is 18.4. The number of benzene rings is 2. The van der Waals surface area contributed by atoms with Crippen molar-refractivity contribution in [3.63, 3.8) is 0 Å². The summed E-state index contributed by atoms with van der Waals surface area (Å²) in [6.07, 6.45) is 3.58. The number of aromatic nitrogens is 1. The summed E-state index contributed by atoms with van der Waals surface area (Å²) in [4.78, 5) is 31.8. The summed E-state index contributed by atoms with van der Waals surface area (Å²) in [7, 11) is 0. The number of carbonyl (C=O) groups is 2. The molecule has 1 N–H and O–H groups in total. The van der Waals surface area contributed by atoms with Crippen LogP contribution in [0.2, 0.25) is 0 Å². The Morgan fingerprint density at radius 3 is 2.76 bits per heavy atom. The van der Waals surface area contributed by atoms with E-state index >= 15 is 0 Å². The molecule has 8 heteroatoms. The summed E-state index contributed by atoms with van der Waals surface area (Å²) in [5, 5.41) is 2.83. The molecule has 1 aliphatic heterocycles. The van der Waals surface area contributed by atoms with E-state index in [9.17, 15) is 9.59 Å². The Kier molecular flexibility index (Phi) is 7.31. The molecule has 2 aromatic carbocycles. The van der Waals surface area contributed by atoms with Crippen molar-refractivity contribution in [3.8, 4) is 5.75 Å². The molecular formula is C30H31N3O5. The van der Waals surface area contributed by atoms with Gasteiger partial charge in [-0.1, -0.05) is 49.7 Å². The first-order valence-electron chi connectivity index (χ1n) is 12.8. The van der Waals surface area contributed by atoms with Crippen LogP contribution >= 0.6 is 0 Å². The first kappa shape index (κ1) is 25.3. The van der Waals surface area contributed by atoms with Crippen molar-refractivity contribution in [2.45, 2.75) is 39.8 Å². The van der Waals surface area contributed by atoms with Gasteiger partial charge in [0.05, 0.1) is 12.3 Å². The Hall–Kier alpha value is -4.33. The molecule has 0 unspecified atom stereocenters. The minimum atomic E-state index is -0.294. The highest BCUT2D eigenvalue weighted by molar-refractivity contribution is 5.92. The molecule has 0 bridgehead atoms. The van der Waals surface area contributed by atoms with Crippen LogP contribution in [0.3, 0.4) is 0 Å². The minimum Gasteiger partial charge on any atom is -0.484 e. The molecule has 2 amide bonds. The van der Waals surface area contributed by atoms with Crippen molar-refractivity contribution < 1.29 is 23.2 Å². The Balaban J connectivity index is 1.39. The van der Waals surface area contributed by atoms with Gasteiger partial charge in [-0.3, -0.25) is 9.59 Å². The number of hydrogen-bond donors (Lipinski definition) is 1. The minimum absolute atomic E-state index is 0.0698. The van der Waals surface area contributed by atoms with E-state index in [1.165, 1.54) is 12.5 Å². The zero-order valence-corrected chi connectivity index (χ0v) is 21.8. The highest BCUT2D eigenvalue weighted by Crippen LogP contribution is 2.38. The lowest BCUT2D eigenvalue weighted by Gasteiger charge is -2.37. The summed E-state index contributed by atoms with van der Waals surface area (Å²) in [6.45, 7) is 7.30. The van der Waals surface area contributed by atoms with E-state index in [0.717, 1.165) is 28.7 Å². The Morgan fingerprint density at radius 2 is 2.00 bits per heavy atom. The van der Waals surface area contributed by atoms with Crippen LogP contribution < -0.4 is 10.1 Å². The van der Waals surface area contributed by atoms with Crippen molar-refractivity contribution in [1.82, 2.24) is 15.2 Å². The van der Waals surface area contributed by atoms with Crippen LogP contribution in [0.5, 0.6) is 5.75 Å². The van der Waals surface area contributed by atoms with Gasteiger partial charge in [-0.2, -0.15) is 0 Å². The molecule has 2 aromatic heterocycles. The van der Waals surface area contributed by atoms with Gasteiger partial charge in [-0.05, 0) is 60.2 Å². The number of nitrogens with one attached hydrogen (secondary N) is 1. The van der Waals surface area contributed by atoms with E-state index in [-0.39, 0.29) is 30.2 Å². The molecule has 4 aromatic rings. The number of fused-ring (bicyclic) bond motifs is 1. The lowest BCUT2D eigenvalue weighted by atomic mass is 9.87. The number of nitrogens with zero attached hydrogens (tertiary/aromatic N) is 2. The fourth-order valence-corrected chi connectivity index (χ4v) is 4.66. The van der Waals surface area contributed by atoms with E-state index in [0.29, 0.717) is 36.4 Å². The van der Waals surface area contributed by atoms with E-state index in [1.54, 1.807) is 12.1 Å². The van der Waals surface area contributed by atoms with Gasteiger partial charge in [0.1, 0.15) is 12.0 Å². The zero-order chi connectivity index (χ0) is 26.6. The highest BCUT2D eigenvalue weighted by atomic mass is 16.5. The zero-order valence-electron chi connectivity index (χ0n) is 21.8. The average molecular weight is 514 g/mol. The molecule has 3 heterocycles. The number of aryl methyl sites for hydroxylation is 1. The predicted octanol–water partition coefficient (Wildman–Crippen LogP) is 5.33. The van der Waals surface area contributed by atoms with Gasteiger partial charge in [0.2, 0.25) is 5.89 Å². The SMILES string of the molecule is Cc1cccc([C@H]2c3cc(OCc4nc(C(=O)NCC(C)C)co4)ccc3CCN2C(=O)c2ccco2)c1. The van der Waals surface area contributed by atoms with Crippen molar-refractivity contribution >= 4 is 11.8 Å². The molecule has 38 heavy (non-hydrogen) atoms. The smallest absolute Gasteiger partial charge is 0.290 e. The molecule has 196 valence electrons. The van der Waals surface area contributed by atoms with E-state index in [4.69, 9.17) is 13.6 Å². The highest BCUT2D eigenvalue weighted by Gasteiger charge is 2.34. The van der Waals surface area contributed by atoms with Crippen LogP contribution in [0.15, 0.2) is 76.0 Å². The predicted molar refractivity (Wildman–Crippen MR) is 141 cm³/mol. The van der Waals surface area contributed by atoms with E-state index in [1.807, 2.05) is 62.1 Å². The lowest BCUT2D eigenvalue weighted by molar-refractivity contribution is 0.0661. The van der Waals surface area contributed by atoms with Crippen molar-refractivity contribution in [2.75, 3.05) is 13.1 Å². The molecule has 1 aliphatic rings. The normalized spacial score (nSPS) is 14.8. The quantitative estimate of drug-likeness (QED) is 0.342. The van der Waals surface area contributed by atoms with Crippen LogP contribution in [0.4, 0.5) is 0 Å². The van der Waals surface area contributed by atoms with Gasteiger partial charge in [-0.15, -0.1) is 0 Å². The largest absolute Gasteiger partial charge is 0.484 e. The maximum atomic E-state index is 13.4. The molecular weight excluding hydrogens is 482 g/mol. The molecule has 0 fully saturated rings. The van der Waals surface area contributed by atoms with Crippen LogP contribution in [0, 0.1) is 12.8 Å². The van der Waals surface area contributed by atoms with Crippen molar-refractivity contribution in [3.05, 3.63) is 107 Å². The fourth-order valence-electron chi connectivity index (χ4n) is 4.66.